The third-order valence-electron chi connectivity index (χ3n) is 4.96. The van der Waals surface area contributed by atoms with Crippen LogP contribution in [-0.4, -0.2) is 52.5 Å². The maximum Gasteiger partial charge on any atom is 0.243 e. The highest BCUT2D eigenvalue weighted by molar-refractivity contribution is 7.89. The summed E-state index contributed by atoms with van der Waals surface area (Å²) in [6, 6.07) is 6.39. The Kier molecular flexibility index (Phi) is 8.47. The van der Waals surface area contributed by atoms with Gasteiger partial charge in [-0.3, -0.25) is 4.79 Å². The van der Waals surface area contributed by atoms with Crippen LogP contribution in [0.15, 0.2) is 35.2 Å². The molecule has 7 heteroatoms. The van der Waals surface area contributed by atoms with Crippen LogP contribution in [-0.2, 0) is 14.8 Å². The van der Waals surface area contributed by atoms with Gasteiger partial charge in [0.25, 0.3) is 0 Å². The molecule has 1 aromatic rings. The van der Waals surface area contributed by atoms with E-state index < -0.39 is 10.0 Å². The number of amides is 1. The molecule has 2 N–H and O–H groups in total. The summed E-state index contributed by atoms with van der Waals surface area (Å²) < 4.78 is 25.6. The number of carbonyl (C=O) groups is 1. The number of rotatable bonds is 9. The summed E-state index contributed by atoms with van der Waals surface area (Å²) in [7, 11) is -2.06. The SMILES string of the molecule is CNS(=O)(=O)c1ccc(/C=C/C(=O)NCCCCN2CCC(C)CC2)cc1. The summed E-state index contributed by atoms with van der Waals surface area (Å²) in [5.74, 6) is 0.727. The number of piperidine rings is 1. The van der Waals surface area contributed by atoms with Crippen LogP contribution in [0.2, 0.25) is 0 Å². The lowest BCUT2D eigenvalue weighted by Crippen LogP contribution is -2.34. The molecule has 6 nitrogen and oxygen atoms in total. The number of carbonyl (C=O) groups excluding carboxylic acids is 1. The number of hydrogen-bond acceptors (Lipinski definition) is 4. The van der Waals surface area contributed by atoms with E-state index in [0.717, 1.165) is 30.9 Å². The molecular weight excluding hydrogens is 362 g/mol. The number of likely N-dealkylation sites (tertiary alicyclic amines) is 1. The highest BCUT2D eigenvalue weighted by Gasteiger charge is 2.14. The van der Waals surface area contributed by atoms with Gasteiger partial charge in [-0.05, 0) is 82.1 Å². The molecule has 0 bridgehead atoms. The minimum absolute atomic E-state index is 0.131. The largest absolute Gasteiger partial charge is 0.353 e. The van der Waals surface area contributed by atoms with E-state index in [9.17, 15) is 13.2 Å². The van der Waals surface area contributed by atoms with Crippen molar-refractivity contribution in [1.29, 1.82) is 0 Å². The fraction of sp³-hybridized carbons (Fsp3) is 0.550. The van der Waals surface area contributed by atoms with Crippen molar-refractivity contribution in [3.8, 4) is 0 Å². The van der Waals surface area contributed by atoms with Crippen molar-refractivity contribution in [2.24, 2.45) is 5.92 Å². The van der Waals surface area contributed by atoms with Gasteiger partial charge in [-0.25, -0.2) is 13.1 Å². The van der Waals surface area contributed by atoms with Gasteiger partial charge in [0.05, 0.1) is 4.90 Å². The summed E-state index contributed by atoms with van der Waals surface area (Å²) in [6.07, 6.45) is 7.82. The molecule has 0 saturated carbocycles. The van der Waals surface area contributed by atoms with E-state index >= 15 is 0 Å². The van der Waals surface area contributed by atoms with E-state index in [1.165, 1.54) is 51.2 Å². The predicted octanol–water partition coefficient (Wildman–Crippen LogP) is 2.24. The van der Waals surface area contributed by atoms with Crippen molar-refractivity contribution >= 4 is 22.0 Å². The predicted molar refractivity (Wildman–Crippen MR) is 109 cm³/mol. The molecule has 0 unspecified atom stereocenters. The van der Waals surface area contributed by atoms with Crippen molar-refractivity contribution in [2.45, 2.75) is 37.5 Å². The number of sulfonamides is 1. The molecular formula is C20H31N3O3S. The molecule has 150 valence electrons. The molecule has 0 aromatic heterocycles. The number of hydrogen-bond donors (Lipinski definition) is 2. The average molecular weight is 394 g/mol. The Labute approximate surface area is 163 Å². The van der Waals surface area contributed by atoms with E-state index in [2.05, 4.69) is 21.9 Å². The molecule has 1 heterocycles. The Balaban J connectivity index is 1.65. The Hall–Kier alpha value is -1.70. The third kappa shape index (κ3) is 7.44. The molecule has 0 aliphatic carbocycles. The van der Waals surface area contributed by atoms with Gasteiger partial charge in [0.15, 0.2) is 0 Å². The summed E-state index contributed by atoms with van der Waals surface area (Å²) in [5.41, 5.74) is 0.777. The van der Waals surface area contributed by atoms with Crippen molar-refractivity contribution in [2.75, 3.05) is 33.2 Å². The molecule has 1 aliphatic heterocycles. The van der Waals surface area contributed by atoms with Crippen LogP contribution in [0, 0.1) is 5.92 Å². The van der Waals surface area contributed by atoms with Crippen molar-refractivity contribution in [3.63, 3.8) is 0 Å². The number of unbranched alkanes of at least 4 members (excludes halogenated alkanes) is 1. The fourth-order valence-corrected chi connectivity index (χ4v) is 3.79. The Morgan fingerprint density at radius 3 is 2.48 bits per heavy atom. The summed E-state index contributed by atoms with van der Waals surface area (Å²) in [5, 5.41) is 2.89. The standard InChI is InChI=1S/C20H31N3O3S/c1-17-11-15-23(16-12-17)14-4-3-13-22-20(24)10-7-18-5-8-19(9-6-18)27(25,26)21-2/h5-10,17,21H,3-4,11-16H2,1-2H3,(H,22,24)/b10-7+. The minimum atomic E-state index is -3.43. The first-order valence-electron chi connectivity index (χ1n) is 9.62. The normalized spacial score (nSPS) is 16.7. The number of nitrogens with one attached hydrogen (secondary N) is 2. The van der Waals surface area contributed by atoms with E-state index in [1.807, 2.05) is 0 Å². The van der Waals surface area contributed by atoms with Gasteiger partial charge in [0, 0.05) is 12.6 Å². The van der Waals surface area contributed by atoms with Gasteiger partial charge in [0.2, 0.25) is 15.9 Å². The molecule has 27 heavy (non-hydrogen) atoms. The van der Waals surface area contributed by atoms with Gasteiger partial charge in [-0.1, -0.05) is 19.1 Å². The van der Waals surface area contributed by atoms with Crippen molar-refractivity contribution < 1.29 is 13.2 Å². The second kappa shape index (κ2) is 10.6. The molecule has 1 amide bonds. The molecule has 1 fully saturated rings. The van der Waals surface area contributed by atoms with Crippen molar-refractivity contribution in [3.05, 3.63) is 35.9 Å². The zero-order valence-corrected chi connectivity index (χ0v) is 17.1. The van der Waals surface area contributed by atoms with Gasteiger partial charge >= 0.3 is 0 Å². The van der Waals surface area contributed by atoms with E-state index in [-0.39, 0.29) is 10.8 Å². The Morgan fingerprint density at radius 1 is 1.19 bits per heavy atom. The second-order valence-electron chi connectivity index (χ2n) is 7.13. The first-order valence-corrected chi connectivity index (χ1v) is 11.1. The quantitative estimate of drug-likeness (QED) is 0.498. The van der Waals surface area contributed by atoms with Gasteiger partial charge in [0.1, 0.15) is 0 Å². The van der Waals surface area contributed by atoms with E-state index in [1.54, 1.807) is 18.2 Å². The van der Waals surface area contributed by atoms with Crippen LogP contribution in [0.5, 0.6) is 0 Å². The van der Waals surface area contributed by atoms with Gasteiger partial charge < -0.3 is 10.2 Å². The first kappa shape index (κ1) is 21.6. The molecule has 0 spiro atoms. The second-order valence-corrected chi connectivity index (χ2v) is 9.02. The summed E-state index contributed by atoms with van der Waals surface area (Å²) >= 11 is 0. The van der Waals surface area contributed by atoms with Gasteiger partial charge in [-0.15, -0.1) is 0 Å². The monoisotopic (exact) mass is 393 g/mol. The summed E-state index contributed by atoms with van der Waals surface area (Å²) in [4.78, 5) is 14.6. The number of benzene rings is 1. The lowest BCUT2D eigenvalue weighted by atomic mass is 9.99. The molecule has 1 aliphatic rings. The lowest BCUT2D eigenvalue weighted by molar-refractivity contribution is -0.116. The van der Waals surface area contributed by atoms with Crippen LogP contribution in [0.3, 0.4) is 0 Å². The third-order valence-corrected chi connectivity index (χ3v) is 6.39. The number of nitrogens with zero attached hydrogens (tertiary/aromatic N) is 1. The van der Waals surface area contributed by atoms with E-state index in [4.69, 9.17) is 0 Å². The van der Waals surface area contributed by atoms with Crippen LogP contribution < -0.4 is 10.0 Å². The lowest BCUT2D eigenvalue weighted by Gasteiger charge is -2.30. The van der Waals surface area contributed by atoms with Crippen LogP contribution in [0.25, 0.3) is 6.08 Å². The smallest absolute Gasteiger partial charge is 0.243 e. The Morgan fingerprint density at radius 2 is 1.85 bits per heavy atom. The highest BCUT2D eigenvalue weighted by Crippen LogP contribution is 2.16. The molecule has 2 rings (SSSR count). The van der Waals surface area contributed by atoms with E-state index in [0.29, 0.717) is 6.54 Å². The molecule has 1 saturated heterocycles. The molecule has 1 aromatic carbocycles. The van der Waals surface area contributed by atoms with Gasteiger partial charge in [-0.2, -0.15) is 0 Å². The zero-order chi connectivity index (χ0) is 19.7. The summed E-state index contributed by atoms with van der Waals surface area (Å²) in [6.45, 7) is 6.50. The maximum atomic E-state index is 11.9. The zero-order valence-electron chi connectivity index (χ0n) is 16.3. The molecule has 0 atom stereocenters. The maximum absolute atomic E-state index is 11.9. The fourth-order valence-electron chi connectivity index (χ4n) is 3.06. The first-order chi connectivity index (χ1) is 12.9. The molecule has 0 radical (unpaired) electrons. The van der Waals surface area contributed by atoms with Crippen LogP contribution >= 0.6 is 0 Å². The highest BCUT2D eigenvalue weighted by atomic mass is 32.2. The van der Waals surface area contributed by atoms with Crippen LogP contribution in [0.1, 0.15) is 38.2 Å². The van der Waals surface area contributed by atoms with Crippen LogP contribution in [0.4, 0.5) is 0 Å². The van der Waals surface area contributed by atoms with Crippen molar-refractivity contribution in [1.82, 2.24) is 14.9 Å². The average Bonchev–Trinajstić information content (AvgIpc) is 2.68. The minimum Gasteiger partial charge on any atom is -0.353 e. The Bertz CT molecular complexity index is 721. The topological polar surface area (TPSA) is 78.5 Å².